The highest BCUT2D eigenvalue weighted by Gasteiger charge is 2.32. The molecule has 0 saturated carbocycles. The van der Waals surface area contributed by atoms with Crippen LogP contribution >= 0.6 is 0 Å². The maximum atomic E-state index is 4.34. The Morgan fingerprint density at radius 2 is 2.06 bits per heavy atom. The predicted octanol–water partition coefficient (Wildman–Crippen LogP) is 1.16. The number of hydrogen-bond donors (Lipinski definition) is 1. The molecule has 1 saturated heterocycles. The zero-order valence-electron chi connectivity index (χ0n) is 9.51. The minimum Gasteiger partial charge on any atom is -0.300 e. The quantitative estimate of drug-likeness (QED) is 0.820. The number of nitrogens with zero attached hydrogens (tertiary/aromatic N) is 4. The molecule has 0 bridgehead atoms. The number of rotatable bonds is 2. The van der Waals surface area contributed by atoms with E-state index in [0.717, 1.165) is 29.9 Å². The number of aromatic amines is 1. The monoisotopic (exact) mass is 217 g/mol. The Labute approximate surface area is 93.9 Å². The molecular weight excluding hydrogens is 202 g/mol. The second-order valence-electron chi connectivity index (χ2n) is 4.61. The molecule has 1 N–H and O–H groups in total. The van der Waals surface area contributed by atoms with Crippen molar-refractivity contribution in [3.05, 3.63) is 18.1 Å². The average Bonchev–Trinajstić information content (AvgIpc) is 2.60. The second kappa shape index (κ2) is 3.52. The summed E-state index contributed by atoms with van der Waals surface area (Å²) in [6.45, 7) is 6.62. The van der Waals surface area contributed by atoms with Gasteiger partial charge in [-0.3, -0.25) is 10.00 Å². The third-order valence-corrected chi connectivity index (χ3v) is 3.26. The number of nitrogens with one attached hydrogen (secondary N) is 1. The summed E-state index contributed by atoms with van der Waals surface area (Å²) in [6, 6.07) is 0.622. The van der Waals surface area contributed by atoms with E-state index in [4.69, 9.17) is 0 Å². The van der Waals surface area contributed by atoms with Crippen LogP contribution < -0.4 is 0 Å². The highest BCUT2D eigenvalue weighted by atomic mass is 15.2. The van der Waals surface area contributed by atoms with Crippen LogP contribution in [0.3, 0.4) is 0 Å². The van der Waals surface area contributed by atoms with Gasteiger partial charge in [0.05, 0.1) is 5.69 Å². The molecule has 0 aromatic carbocycles. The van der Waals surface area contributed by atoms with Crippen LogP contribution in [-0.2, 0) is 0 Å². The van der Waals surface area contributed by atoms with Gasteiger partial charge in [-0.25, -0.2) is 9.97 Å². The van der Waals surface area contributed by atoms with Gasteiger partial charge in [0.25, 0.3) is 0 Å². The zero-order chi connectivity index (χ0) is 11.1. The van der Waals surface area contributed by atoms with Crippen molar-refractivity contribution in [2.75, 3.05) is 13.1 Å². The molecule has 3 heterocycles. The number of aromatic nitrogens is 4. The fourth-order valence-electron chi connectivity index (χ4n) is 2.17. The van der Waals surface area contributed by atoms with E-state index >= 15 is 0 Å². The first kappa shape index (κ1) is 9.72. The highest BCUT2D eigenvalue weighted by molar-refractivity contribution is 5.73. The van der Waals surface area contributed by atoms with Crippen molar-refractivity contribution in [3.63, 3.8) is 0 Å². The standard InChI is InChI=1S/C11H15N5/c1-7(2)16-5-8(6-16)9-10-11(15-14-9)13-4-3-12-10/h3-4,7-8H,5-6H2,1-2H3,(H,13,14,15). The molecule has 2 aromatic heterocycles. The number of H-pyrrole nitrogens is 1. The lowest BCUT2D eigenvalue weighted by Crippen LogP contribution is -2.48. The fourth-order valence-corrected chi connectivity index (χ4v) is 2.17. The molecule has 0 unspecified atom stereocenters. The molecule has 2 aromatic rings. The Hall–Kier alpha value is -1.49. The Morgan fingerprint density at radius 1 is 1.31 bits per heavy atom. The van der Waals surface area contributed by atoms with Gasteiger partial charge in [0, 0.05) is 37.4 Å². The van der Waals surface area contributed by atoms with E-state index in [1.54, 1.807) is 12.4 Å². The molecule has 0 radical (unpaired) electrons. The Kier molecular flexibility index (Phi) is 2.14. The summed E-state index contributed by atoms with van der Waals surface area (Å²) >= 11 is 0. The van der Waals surface area contributed by atoms with Gasteiger partial charge in [0.15, 0.2) is 5.65 Å². The van der Waals surface area contributed by atoms with Crippen molar-refractivity contribution in [1.82, 2.24) is 25.1 Å². The van der Waals surface area contributed by atoms with Crippen molar-refractivity contribution >= 4 is 11.2 Å². The second-order valence-corrected chi connectivity index (χ2v) is 4.61. The van der Waals surface area contributed by atoms with E-state index in [9.17, 15) is 0 Å². The van der Waals surface area contributed by atoms with Crippen molar-refractivity contribution in [3.8, 4) is 0 Å². The van der Waals surface area contributed by atoms with Gasteiger partial charge in [0.1, 0.15) is 5.52 Å². The lowest BCUT2D eigenvalue weighted by Gasteiger charge is -2.41. The Balaban J connectivity index is 1.86. The molecule has 3 rings (SSSR count). The van der Waals surface area contributed by atoms with Gasteiger partial charge < -0.3 is 0 Å². The summed E-state index contributed by atoms with van der Waals surface area (Å²) in [5.41, 5.74) is 2.79. The summed E-state index contributed by atoms with van der Waals surface area (Å²) in [5.74, 6) is 0.532. The lowest BCUT2D eigenvalue weighted by atomic mass is 9.94. The first-order valence-electron chi connectivity index (χ1n) is 5.64. The van der Waals surface area contributed by atoms with Crippen LogP contribution in [0, 0.1) is 0 Å². The molecule has 5 heteroatoms. The summed E-state index contributed by atoms with van der Waals surface area (Å²) < 4.78 is 0. The smallest absolute Gasteiger partial charge is 0.199 e. The lowest BCUT2D eigenvalue weighted by molar-refractivity contribution is 0.108. The topological polar surface area (TPSA) is 57.7 Å². The van der Waals surface area contributed by atoms with Gasteiger partial charge in [-0.1, -0.05) is 0 Å². The SMILES string of the molecule is CC(C)N1CC(c2[nH]nc3nccnc23)C1. The minimum absolute atomic E-state index is 0.532. The molecule has 16 heavy (non-hydrogen) atoms. The largest absolute Gasteiger partial charge is 0.300 e. The van der Waals surface area contributed by atoms with Crippen LogP contribution in [0.15, 0.2) is 12.4 Å². The van der Waals surface area contributed by atoms with Crippen LogP contribution in [0.5, 0.6) is 0 Å². The molecule has 0 atom stereocenters. The first-order valence-corrected chi connectivity index (χ1v) is 5.64. The van der Waals surface area contributed by atoms with Crippen LogP contribution in [0.1, 0.15) is 25.5 Å². The van der Waals surface area contributed by atoms with E-state index in [1.165, 1.54) is 0 Å². The van der Waals surface area contributed by atoms with Gasteiger partial charge >= 0.3 is 0 Å². The molecule has 5 nitrogen and oxygen atoms in total. The molecule has 84 valence electrons. The van der Waals surface area contributed by atoms with Gasteiger partial charge in [-0.15, -0.1) is 0 Å². The van der Waals surface area contributed by atoms with E-state index in [-0.39, 0.29) is 0 Å². The number of hydrogen-bond acceptors (Lipinski definition) is 4. The van der Waals surface area contributed by atoms with E-state index in [2.05, 4.69) is 38.9 Å². The van der Waals surface area contributed by atoms with Crippen molar-refractivity contribution in [2.24, 2.45) is 0 Å². The molecule has 0 aliphatic carbocycles. The van der Waals surface area contributed by atoms with E-state index in [1.807, 2.05) is 0 Å². The van der Waals surface area contributed by atoms with E-state index < -0.39 is 0 Å². The average molecular weight is 217 g/mol. The normalized spacial score (nSPS) is 18.2. The van der Waals surface area contributed by atoms with Crippen molar-refractivity contribution < 1.29 is 0 Å². The van der Waals surface area contributed by atoms with Crippen LogP contribution in [0.2, 0.25) is 0 Å². The third kappa shape index (κ3) is 1.39. The van der Waals surface area contributed by atoms with Crippen molar-refractivity contribution in [2.45, 2.75) is 25.8 Å². The molecule has 0 amide bonds. The van der Waals surface area contributed by atoms with Gasteiger partial charge in [-0.05, 0) is 13.8 Å². The predicted molar refractivity (Wildman–Crippen MR) is 61.1 cm³/mol. The summed E-state index contributed by atoms with van der Waals surface area (Å²) in [6.07, 6.45) is 3.40. The molecule has 1 aliphatic heterocycles. The van der Waals surface area contributed by atoms with Crippen LogP contribution in [0.4, 0.5) is 0 Å². The molecule has 0 spiro atoms. The number of fused-ring (bicyclic) bond motifs is 1. The van der Waals surface area contributed by atoms with Crippen LogP contribution in [0.25, 0.3) is 11.2 Å². The van der Waals surface area contributed by atoms with E-state index in [0.29, 0.717) is 12.0 Å². The summed E-state index contributed by atoms with van der Waals surface area (Å²) in [7, 11) is 0. The Morgan fingerprint density at radius 3 is 2.81 bits per heavy atom. The van der Waals surface area contributed by atoms with Crippen LogP contribution in [-0.4, -0.2) is 44.2 Å². The zero-order valence-corrected chi connectivity index (χ0v) is 9.51. The van der Waals surface area contributed by atoms with Crippen molar-refractivity contribution in [1.29, 1.82) is 0 Å². The van der Waals surface area contributed by atoms with Gasteiger partial charge in [-0.2, -0.15) is 5.10 Å². The maximum Gasteiger partial charge on any atom is 0.199 e. The maximum absolute atomic E-state index is 4.34. The highest BCUT2D eigenvalue weighted by Crippen LogP contribution is 2.30. The minimum atomic E-state index is 0.532. The first-order chi connectivity index (χ1) is 7.75. The molecular formula is C11H15N5. The summed E-state index contributed by atoms with van der Waals surface area (Å²) in [4.78, 5) is 11.0. The third-order valence-electron chi connectivity index (χ3n) is 3.26. The Bertz CT molecular complexity index is 498. The fraction of sp³-hybridized carbons (Fsp3) is 0.545. The molecule has 1 aliphatic rings. The molecule has 1 fully saturated rings. The van der Waals surface area contributed by atoms with Gasteiger partial charge in [0.2, 0.25) is 0 Å². The number of likely N-dealkylation sites (tertiary alicyclic amines) is 1. The summed E-state index contributed by atoms with van der Waals surface area (Å²) in [5, 5.41) is 7.25.